The van der Waals surface area contributed by atoms with Gasteiger partial charge in [-0.1, -0.05) is 0 Å². The van der Waals surface area contributed by atoms with Crippen molar-refractivity contribution in [2.24, 2.45) is 0 Å². The fourth-order valence-corrected chi connectivity index (χ4v) is 5.60. The van der Waals surface area contributed by atoms with Crippen LogP contribution in [0, 0.1) is 20.8 Å². The van der Waals surface area contributed by atoms with Gasteiger partial charge < -0.3 is 0 Å². The molecule has 0 aliphatic rings. The van der Waals surface area contributed by atoms with Gasteiger partial charge in [-0.3, -0.25) is 0 Å². The topological polar surface area (TPSA) is 0 Å². The van der Waals surface area contributed by atoms with E-state index in [-0.39, 0.29) is 15.3 Å². The monoisotopic (exact) mass is 360 g/mol. The zero-order valence-electron chi connectivity index (χ0n) is 13.9. The summed E-state index contributed by atoms with van der Waals surface area (Å²) in [7, 11) is 0. The molecule has 3 aromatic carbocycles. The van der Waals surface area contributed by atoms with Gasteiger partial charge in [0.25, 0.3) is 0 Å². The number of hydrogen-bond donors (Lipinski definition) is 0. The van der Waals surface area contributed by atoms with Gasteiger partial charge in [0.1, 0.15) is 0 Å². The molecule has 0 N–H and O–H groups in total. The van der Waals surface area contributed by atoms with Gasteiger partial charge in [0.2, 0.25) is 0 Å². The number of rotatable bonds is 3. The van der Waals surface area contributed by atoms with Gasteiger partial charge in [-0.2, -0.15) is 0 Å². The van der Waals surface area contributed by atoms with E-state index in [4.69, 9.17) is 0 Å². The van der Waals surface area contributed by atoms with Gasteiger partial charge in [0.15, 0.2) is 0 Å². The van der Waals surface area contributed by atoms with Crippen LogP contribution in [0.4, 0.5) is 0 Å². The molecule has 0 spiro atoms. The van der Waals surface area contributed by atoms with Crippen LogP contribution in [-0.4, -0.2) is 19.6 Å². The van der Waals surface area contributed by atoms with E-state index in [2.05, 4.69) is 93.6 Å². The summed E-state index contributed by atoms with van der Waals surface area (Å²) < 4.78 is 3.02. The zero-order valence-corrected chi connectivity index (χ0v) is 15.8. The molecule has 114 valence electrons. The minimum absolute atomic E-state index is 0.0587. The molecule has 0 heterocycles. The van der Waals surface area contributed by atoms with Crippen LogP contribution in [0.2, 0.25) is 0 Å². The molecule has 23 heavy (non-hydrogen) atoms. The molecule has 0 fully saturated rings. The Morgan fingerprint density at radius 1 is 0.652 bits per heavy atom. The van der Waals surface area contributed by atoms with Gasteiger partial charge in [0.05, 0.1) is 0 Å². The summed E-state index contributed by atoms with van der Waals surface area (Å²) in [4.78, 5) is 0. The Kier molecular flexibility index (Phi) is 4.93. The molecule has 0 aliphatic carbocycles. The predicted octanol–water partition coefficient (Wildman–Crippen LogP) is 4.21. The van der Waals surface area contributed by atoms with Gasteiger partial charge in [-0.15, -0.1) is 0 Å². The third kappa shape index (κ3) is 3.71. The maximum atomic E-state index is 2.31. The Bertz CT molecular complexity index is 766. The summed E-state index contributed by atoms with van der Waals surface area (Å²) in [6.07, 6.45) is 0. The molecule has 0 saturated carbocycles. The van der Waals surface area contributed by atoms with Crippen molar-refractivity contribution in [3.8, 4) is 0 Å². The number of aryl methyl sites for hydroxylation is 3. The van der Waals surface area contributed by atoms with Crippen LogP contribution in [0.15, 0.2) is 72.8 Å². The predicted molar refractivity (Wildman–Crippen MR) is 102 cm³/mol. The van der Waals surface area contributed by atoms with Crippen molar-refractivity contribution in [3.05, 3.63) is 101 Å². The molecule has 1 heteroatoms. The van der Waals surface area contributed by atoms with Crippen LogP contribution >= 0.6 is 0 Å². The second kappa shape index (κ2) is 7.11. The minimum atomic E-state index is -0.0587. The molecule has 0 saturated heterocycles. The van der Waals surface area contributed by atoms with Crippen molar-refractivity contribution in [1.29, 1.82) is 0 Å². The summed E-state index contributed by atoms with van der Waals surface area (Å²) in [6.45, 7) is 6.68. The average Bonchev–Trinajstić information content (AvgIpc) is 2.56. The fourth-order valence-electron chi connectivity index (χ4n) is 2.95. The average molecular weight is 360 g/mol. The van der Waals surface area contributed by atoms with E-state index in [1.165, 1.54) is 36.5 Å². The van der Waals surface area contributed by atoms with Gasteiger partial charge in [-0.05, 0) is 0 Å². The summed E-state index contributed by atoms with van der Waals surface area (Å²) in [5.74, 6) is 0. The second-order valence-electron chi connectivity index (χ2n) is 5.94. The molecular formula is C22H21As. The zero-order chi connectivity index (χ0) is 16.2. The Morgan fingerprint density at radius 3 is 1.52 bits per heavy atom. The Morgan fingerprint density at radius 2 is 1.09 bits per heavy atom. The number of hydrogen-bond acceptors (Lipinski definition) is 0. The fraction of sp³-hybridized carbons (Fsp3) is 0.136. The molecule has 0 nitrogen and oxygen atoms in total. The third-order valence-corrected chi connectivity index (χ3v) is 7.46. The van der Waals surface area contributed by atoms with E-state index >= 15 is 0 Å². The first-order valence-corrected chi connectivity index (χ1v) is 9.80. The van der Waals surface area contributed by atoms with Gasteiger partial charge in [0, 0.05) is 0 Å². The molecule has 0 atom stereocenters. The standard InChI is InChI=1S/C22H21As/c1-16-14-17(2)21(18(3)15-16)23-22(19-10-6-4-7-11-19)20-12-8-5-9-13-20/h4-15H,1-3H3. The van der Waals surface area contributed by atoms with E-state index in [0.717, 1.165) is 0 Å². The molecule has 0 aromatic heterocycles. The molecular weight excluding hydrogens is 339 g/mol. The number of benzene rings is 3. The van der Waals surface area contributed by atoms with Crippen LogP contribution in [0.25, 0.3) is 0 Å². The molecule has 0 amide bonds. The van der Waals surface area contributed by atoms with Crippen molar-refractivity contribution < 1.29 is 0 Å². The van der Waals surface area contributed by atoms with E-state index in [1.54, 1.807) is 0 Å². The third-order valence-electron chi connectivity index (χ3n) is 3.95. The molecule has 0 unspecified atom stereocenters. The van der Waals surface area contributed by atoms with E-state index in [1.807, 2.05) is 0 Å². The SMILES string of the molecule is Cc1cc(C)c([As]=C(c2ccccc2)c2ccccc2)c(C)c1. The molecule has 3 aromatic rings. The van der Waals surface area contributed by atoms with Crippen molar-refractivity contribution in [3.63, 3.8) is 0 Å². The Balaban J connectivity index is 2.21. The quantitative estimate of drug-likeness (QED) is 0.614. The van der Waals surface area contributed by atoms with Gasteiger partial charge >= 0.3 is 145 Å². The van der Waals surface area contributed by atoms with E-state index < -0.39 is 0 Å². The Hall–Kier alpha value is -1.91. The first-order valence-electron chi connectivity index (χ1n) is 7.92. The molecule has 0 bridgehead atoms. The van der Waals surface area contributed by atoms with Crippen LogP contribution in [0.1, 0.15) is 27.8 Å². The summed E-state index contributed by atoms with van der Waals surface area (Å²) in [6, 6.07) is 26.3. The summed E-state index contributed by atoms with van der Waals surface area (Å²) in [5, 5.41) is 0. The van der Waals surface area contributed by atoms with Gasteiger partial charge in [-0.25, -0.2) is 0 Å². The summed E-state index contributed by atoms with van der Waals surface area (Å²) in [5.41, 5.74) is 6.89. The molecule has 0 aliphatic heterocycles. The maximum absolute atomic E-state index is 2.31. The van der Waals surface area contributed by atoms with Crippen LogP contribution in [0.5, 0.6) is 0 Å². The first kappa shape index (κ1) is 16.0. The summed E-state index contributed by atoms with van der Waals surface area (Å²) >= 11 is -0.0587. The van der Waals surface area contributed by atoms with Crippen molar-refractivity contribution >= 4 is 24.0 Å². The normalized spacial score (nSPS) is 10.7. The Labute approximate surface area is 145 Å². The van der Waals surface area contributed by atoms with Crippen LogP contribution in [0.3, 0.4) is 0 Å². The molecule has 0 radical (unpaired) electrons. The molecule has 3 rings (SSSR count). The van der Waals surface area contributed by atoms with Crippen LogP contribution in [-0.2, 0) is 0 Å². The van der Waals surface area contributed by atoms with Crippen molar-refractivity contribution in [1.82, 2.24) is 0 Å². The first-order chi connectivity index (χ1) is 11.1. The van der Waals surface area contributed by atoms with E-state index in [9.17, 15) is 0 Å². The second-order valence-corrected chi connectivity index (χ2v) is 8.29. The van der Waals surface area contributed by atoms with Crippen LogP contribution < -0.4 is 4.35 Å². The van der Waals surface area contributed by atoms with E-state index in [0.29, 0.717) is 0 Å². The van der Waals surface area contributed by atoms with Crippen molar-refractivity contribution in [2.45, 2.75) is 20.8 Å². The van der Waals surface area contributed by atoms with Crippen molar-refractivity contribution in [2.75, 3.05) is 0 Å².